The van der Waals surface area contributed by atoms with E-state index in [-0.39, 0.29) is 24.2 Å². The van der Waals surface area contributed by atoms with Gasteiger partial charge in [-0.1, -0.05) is 6.07 Å². The van der Waals surface area contributed by atoms with Crippen LogP contribution in [0.1, 0.15) is 24.2 Å². The van der Waals surface area contributed by atoms with Gasteiger partial charge in [0.05, 0.1) is 0 Å². The van der Waals surface area contributed by atoms with Gasteiger partial charge in [0.15, 0.2) is 12.4 Å². The van der Waals surface area contributed by atoms with E-state index >= 15 is 0 Å². The summed E-state index contributed by atoms with van der Waals surface area (Å²) in [6.45, 7) is 2.73. The summed E-state index contributed by atoms with van der Waals surface area (Å²) in [6.07, 6.45) is 0. The number of hydrogen-bond acceptors (Lipinski definition) is 4. The van der Waals surface area contributed by atoms with Crippen molar-refractivity contribution < 1.29 is 19.1 Å². The fraction of sp³-hybridized carbons (Fsp3) is 0.167. The predicted octanol–water partition coefficient (Wildman–Crippen LogP) is 2.87. The maximum Gasteiger partial charge on any atom is 0.262 e. The van der Waals surface area contributed by atoms with Crippen LogP contribution in [0.15, 0.2) is 48.5 Å². The zero-order chi connectivity index (χ0) is 17.5. The minimum absolute atomic E-state index is 0.0293. The molecule has 0 heterocycles. The number of rotatable bonds is 6. The molecule has 6 nitrogen and oxygen atoms in total. The van der Waals surface area contributed by atoms with Crippen molar-refractivity contribution in [1.82, 2.24) is 0 Å². The molecular weight excluding hydrogens is 308 g/mol. The average molecular weight is 326 g/mol. The van der Waals surface area contributed by atoms with E-state index in [1.54, 1.807) is 48.5 Å². The molecule has 2 aromatic rings. The molecule has 0 aromatic heterocycles. The molecule has 124 valence electrons. The highest BCUT2D eigenvalue weighted by atomic mass is 16.5. The van der Waals surface area contributed by atoms with Crippen LogP contribution < -0.4 is 15.4 Å². The van der Waals surface area contributed by atoms with Gasteiger partial charge in [0, 0.05) is 23.9 Å². The Morgan fingerprint density at radius 1 is 0.917 bits per heavy atom. The Balaban J connectivity index is 1.89. The van der Waals surface area contributed by atoms with Crippen LogP contribution in [-0.4, -0.2) is 24.2 Å². The van der Waals surface area contributed by atoms with Crippen LogP contribution >= 0.6 is 0 Å². The number of hydrogen-bond donors (Lipinski definition) is 2. The number of Topliss-reactive ketones (excluding diaryl/α,β-unsaturated/α-hetero) is 1. The van der Waals surface area contributed by atoms with Gasteiger partial charge in [-0.25, -0.2) is 0 Å². The van der Waals surface area contributed by atoms with Crippen molar-refractivity contribution in [3.8, 4) is 5.75 Å². The first-order valence-corrected chi connectivity index (χ1v) is 7.35. The number of benzene rings is 2. The SMILES string of the molecule is CC(=O)Nc1cccc(NC(=O)COc2ccc(C(C)=O)cc2)c1. The maximum absolute atomic E-state index is 11.9. The molecule has 0 aliphatic carbocycles. The van der Waals surface area contributed by atoms with Crippen LogP contribution in [0, 0.1) is 0 Å². The van der Waals surface area contributed by atoms with Crippen molar-refractivity contribution in [1.29, 1.82) is 0 Å². The molecule has 0 fully saturated rings. The lowest BCUT2D eigenvalue weighted by Crippen LogP contribution is -2.20. The van der Waals surface area contributed by atoms with E-state index in [0.717, 1.165) is 0 Å². The minimum Gasteiger partial charge on any atom is -0.484 e. The predicted molar refractivity (Wildman–Crippen MR) is 91.3 cm³/mol. The normalized spacial score (nSPS) is 9.92. The molecule has 0 radical (unpaired) electrons. The molecular formula is C18H18N2O4. The summed E-state index contributed by atoms with van der Waals surface area (Å²) in [7, 11) is 0. The first-order chi connectivity index (χ1) is 11.4. The third kappa shape index (κ3) is 5.24. The van der Waals surface area contributed by atoms with Gasteiger partial charge in [-0.15, -0.1) is 0 Å². The van der Waals surface area contributed by atoms with E-state index in [1.807, 2.05) is 0 Å². The molecule has 2 aromatic carbocycles. The second-order valence-corrected chi connectivity index (χ2v) is 5.18. The molecule has 0 spiro atoms. The van der Waals surface area contributed by atoms with E-state index in [1.165, 1.54) is 13.8 Å². The van der Waals surface area contributed by atoms with Crippen LogP contribution in [0.5, 0.6) is 5.75 Å². The Bertz CT molecular complexity index is 754. The van der Waals surface area contributed by atoms with Crippen LogP contribution in [0.4, 0.5) is 11.4 Å². The third-order valence-electron chi connectivity index (χ3n) is 3.10. The monoisotopic (exact) mass is 326 g/mol. The van der Waals surface area contributed by atoms with Crippen LogP contribution in [0.25, 0.3) is 0 Å². The van der Waals surface area contributed by atoms with Gasteiger partial charge in [-0.2, -0.15) is 0 Å². The molecule has 0 atom stereocenters. The molecule has 2 amide bonds. The third-order valence-corrected chi connectivity index (χ3v) is 3.10. The van der Waals surface area contributed by atoms with Crippen molar-refractivity contribution in [3.63, 3.8) is 0 Å². The van der Waals surface area contributed by atoms with Crippen molar-refractivity contribution in [2.75, 3.05) is 17.2 Å². The quantitative estimate of drug-likeness (QED) is 0.799. The van der Waals surface area contributed by atoms with Gasteiger partial charge in [0.2, 0.25) is 5.91 Å². The van der Waals surface area contributed by atoms with Crippen molar-refractivity contribution in [3.05, 3.63) is 54.1 Å². The average Bonchev–Trinajstić information content (AvgIpc) is 2.53. The molecule has 0 saturated heterocycles. The van der Waals surface area contributed by atoms with E-state index in [2.05, 4.69) is 10.6 Å². The summed E-state index contributed by atoms with van der Waals surface area (Å²) in [5.74, 6) is -0.0399. The molecule has 0 unspecified atom stereocenters. The summed E-state index contributed by atoms with van der Waals surface area (Å²) in [5, 5.41) is 5.33. The summed E-state index contributed by atoms with van der Waals surface area (Å²) in [6, 6.07) is 13.4. The van der Waals surface area contributed by atoms with Crippen molar-refractivity contribution >= 4 is 29.0 Å². The zero-order valence-corrected chi connectivity index (χ0v) is 13.5. The lowest BCUT2D eigenvalue weighted by molar-refractivity contribution is -0.118. The number of nitrogens with one attached hydrogen (secondary N) is 2. The summed E-state index contributed by atoms with van der Waals surface area (Å²) >= 11 is 0. The highest BCUT2D eigenvalue weighted by Gasteiger charge is 2.06. The molecule has 0 saturated carbocycles. The summed E-state index contributed by atoms with van der Waals surface area (Å²) < 4.78 is 5.38. The lowest BCUT2D eigenvalue weighted by Gasteiger charge is -2.09. The lowest BCUT2D eigenvalue weighted by atomic mass is 10.1. The zero-order valence-electron chi connectivity index (χ0n) is 13.5. The number of anilines is 2. The minimum atomic E-state index is -0.328. The van der Waals surface area contributed by atoms with E-state index in [4.69, 9.17) is 4.74 Å². The molecule has 2 N–H and O–H groups in total. The topological polar surface area (TPSA) is 84.5 Å². The second kappa shape index (κ2) is 7.92. The van der Waals surface area contributed by atoms with E-state index in [0.29, 0.717) is 22.7 Å². The first-order valence-electron chi connectivity index (χ1n) is 7.35. The molecule has 0 aliphatic rings. The Kier molecular flexibility index (Phi) is 5.68. The first kappa shape index (κ1) is 17.2. The molecule has 0 aliphatic heterocycles. The van der Waals surface area contributed by atoms with E-state index in [9.17, 15) is 14.4 Å². The van der Waals surface area contributed by atoms with Gasteiger partial charge < -0.3 is 15.4 Å². The fourth-order valence-electron chi connectivity index (χ4n) is 2.01. The fourth-order valence-corrected chi connectivity index (χ4v) is 2.01. The van der Waals surface area contributed by atoms with Crippen molar-refractivity contribution in [2.24, 2.45) is 0 Å². The van der Waals surface area contributed by atoms with Crippen LogP contribution in [-0.2, 0) is 9.59 Å². The molecule has 6 heteroatoms. The largest absolute Gasteiger partial charge is 0.484 e. The summed E-state index contributed by atoms with van der Waals surface area (Å²) in [5.41, 5.74) is 1.74. The number of carbonyl (C=O) groups is 3. The number of carbonyl (C=O) groups excluding carboxylic acids is 3. The Morgan fingerprint density at radius 3 is 2.12 bits per heavy atom. The van der Waals surface area contributed by atoms with Crippen LogP contribution in [0.3, 0.4) is 0 Å². The second-order valence-electron chi connectivity index (χ2n) is 5.18. The van der Waals surface area contributed by atoms with Gasteiger partial charge in [0.1, 0.15) is 5.75 Å². The van der Waals surface area contributed by atoms with Gasteiger partial charge in [-0.05, 0) is 49.4 Å². The van der Waals surface area contributed by atoms with Crippen LogP contribution in [0.2, 0.25) is 0 Å². The maximum atomic E-state index is 11.9. The molecule has 24 heavy (non-hydrogen) atoms. The molecule has 2 rings (SSSR count). The summed E-state index contributed by atoms with van der Waals surface area (Å²) in [4.78, 5) is 34.1. The van der Waals surface area contributed by atoms with Gasteiger partial charge in [-0.3, -0.25) is 14.4 Å². The Hall–Kier alpha value is -3.15. The smallest absolute Gasteiger partial charge is 0.262 e. The highest BCUT2D eigenvalue weighted by molar-refractivity contribution is 5.95. The number of ether oxygens (including phenoxy) is 1. The standard InChI is InChI=1S/C18H18N2O4/c1-12(21)14-6-8-17(9-7-14)24-11-18(23)20-16-5-3-4-15(10-16)19-13(2)22/h3-10H,11H2,1-2H3,(H,19,22)(H,20,23). The molecule has 0 bridgehead atoms. The van der Waals surface area contributed by atoms with Gasteiger partial charge >= 0.3 is 0 Å². The van der Waals surface area contributed by atoms with Crippen molar-refractivity contribution in [2.45, 2.75) is 13.8 Å². The number of amides is 2. The number of ketones is 1. The van der Waals surface area contributed by atoms with Gasteiger partial charge in [0.25, 0.3) is 5.91 Å². The Labute approximate surface area is 139 Å². The Morgan fingerprint density at radius 2 is 1.54 bits per heavy atom. The van der Waals surface area contributed by atoms with E-state index < -0.39 is 0 Å². The highest BCUT2D eigenvalue weighted by Crippen LogP contribution is 2.16.